The Kier molecular flexibility index (Phi) is 4.56. The standard InChI is InChI=1S/C14H21NO4/c16-12(10-5-2-1-3-6-10)13(17)15-8-4-7-11(9-15)14(18)19/h10-11H,1-9H2,(H,18,19). The van der Waals surface area contributed by atoms with Crippen LogP contribution in [0.1, 0.15) is 44.9 Å². The first-order valence-electron chi connectivity index (χ1n) is 7.15. The van der Waals surface area contributed by atoms with E-state index < -0.39 is 17.8 Å². The van der Waals surface area contributed by atoms with Crippen LogP contribution in [0.15, 0.2) is 0 Å². The van der Waals surface area contributed by atoms with Gasteiger partial charge in [0, 0.05) is 19.0 Å². The molecule has 0 spiro atoms. The van der Waals surface area contributed by atoms with Crippen molar-refractivity contribution in [2.75, 3.05) is 13.1 Å². The Hall–Kier alpha value is -1.39. The first-order valence-corrected chi connectivity index (χ1v) is 7.15. The average molecular weight is 267 g/mol. The van der Waals surface area contributed by atoms with Crippen molar-refractivity contribution >= 4 is 17.7 Å². The fourth-order valence-electron chi connectivity index (χ4n) is 3.06. The van der Waals surface area contributed by atoms with E-state index in [0.29, 0.717) is 19.4 Å². The molecule has 0 aromatic heterocycles. The van der Waals surface area contributed by atoms with Gasteiger partial charge < -0.3 is 10.0 Å². The molecule has 1 atom stereocenters. The van der Waals surface area contributed by atoms with Crippen molar-refractivity contribution in [3.63, 3.8) is 0 Å². The van der Waals surface area contributed by atoms with Gasteiger partial charge in [0.05, 0.1) is 5.92 Å². The van der Waals surface area contributed by atoms with Crippen LogP contribution in [0.4, 0.5) is 0 Å². The van der Waals surface area contributed by atoms with E-state index in [9.17, 15) is 14.4 Å². The van der Waals surface area contributed by atoms with Crippen LogP contribution in [0, 0.1) is 11.8 Å². The largest absolute Gasteiger partial charge is 0.481 e. The summed E-state index contributed by atoms with van der Waals surface area (Å²) in [6, 6.07) is 0. The fraction of sp³-hybridized carbons (Fsp3) is 0.786. The number of carboxylic acid groups (broad SMARTS) is 1. The van der Waals surface area contributed by atoms with Crippen molar-refractivity contribution in [1.82, 2.24) is 4.90 Å². The number of likely N-dealkylation sites (tertiary alicyclic amines) is 1. The van der Waals surface area contributed by atoms with Gasteiger partial charge in [0.1, 0.15) is 0 Å². The average Bonchev–Trinajstić information content (AvgIpc) is 2.46. The second-order valence-electron chi connectivity index (χ2n) is 5.63. The Morgan fingerprint density at radius 1 is 0.895 bits per heavy atom. The van der Waals surface area contributed by atoms with Crippen molar-refractivity contribution in [3.05, 3.63) is 0 Å². The molecule has 0 aromatic carbocycles. The number of Topliss-reactive ketones (excluding diaryl/α,β-unsaturated/α-hetero) is 1. The molecule has 1 amide bonds. The van der Waals surface area contributed by atoms with E-state index in [-0.39, 0.29) is 18.2 Å². The minimum atomic E-state index is -0.873. The zero-order valence-corrected chi connectivity index (χ0v) is 11.1. The Morgan fingerprint density at radius 3 is 2.16 bits per heavy atom. The molecule has 1 aliphatic carbocycles. The van der Waals surface area contributed by atoms with E-state index in [0.717, 1.165) is 32.1 Å². The van der Waals surface area contributed by atoms with Gasteiger partial charge in [0.2, 0.25) is 5.78 Å². The SMILES string of the molecule is O=C(O)C1CCCN(C(=O)C(=O)C2CCCCC2)C1. The lowest BCUT2D eigenvalue weighted by Gasteiger charge is -2.31. The highest BCUT2D eigenvalue weighted by Crippen LogP contribution is 2.26. The van der Waals surface area contributed by atoms with E-state index in [1.165, 1.54) is 4.90 Å². The Labute approximate surface area is 113 Å². The normalized spacial score (nSPS) is 25.1. The minimum absolute atomic E-state index is 0.133. The first-order chi connectivity index (χ1) is 9.09. The summed E-state index contributed by atoms with van der Waals surface area (Å²) < 4.78 is 0. The van der Waals surface area contributed by atoms with Crippen molar-refractivity contribution in [2.45, 2.75) is 44.9 Å². The van der Waals surface area contributed by atoms with Crippen molar-refractivity contribution in [2.24, 2.45) is 11.8 Å². The number of amides is 1. The van der Waals surface area contributed by atoms with Gasteiger partial charge in [0.15, 0.2) is 0 Å². The van der Waals surface area contributed by atoms with E-state index >= 15 is 0 Å². The molecule has 0 radical (unpaired) electrons. The molecule has 19 heavy (non-hydrogen) atoms. The third kappa shape index (κ3) is 3.33. The van der Waals surface area contributed by atoms with Gasteiger partial charge in [-0.3, -0.25) is 14.4 Å². The second-order valence-corrected chi connectivity index (χ2v) is 5.63. The zero-order valence-electron chi connectivity index (χ0n) is 11.1. The third-order valence-electron chi connectivity index (χ3n) is 4.24. The second kappa shape index (κ2) is 6.17. The number of hydrogen-bond donors (Lipinski definition) is 1. The summed E-state index contributed by atoms with van der Waals surface area (Å²) in [5.41, 5.74) is 0. The number of carbonyl (C=O) groups is 3. The molecule has 1 heterocycles. The number of nitrogens with zero attached hydrogens (tertiary/aromatic N) is 1. The van der Waals surface area contributed by atoms with Crippen LogP contribution in [-0.2, 0) is 14.4 Å². The van der Waals surface area contributed by atoms with E-state index in [4.69, 9.17) is 5.11 Å². The maximum atomic E-state index is 12.1. The predicted molar refractivity (Wildman–Crippen MR) is 68.5 cm³/mol. The van der Waals surface area contributed by atoms with Gasteiger partial charge >= 0.3 is 5.97 Å². The number of aliphatic carboxylic acids is 1. The molecule has 1 saturated carbocycles. The topological polar surface area (TPSA) is 74.7 Å². The Morgan fingerprint density at radius 2 is 1.53 bits per heavy atom. The maximum absolute atomic E-state index is 12.1. The quantitative estimate of drug-likeness (QED) is 0.785. The van der Waals surface area contributed by atoms with Gasteiger partial charge in [-0.15, -0.1) is 0 Å². The van der Waals surface area contributed by atoms with Gasteiger partial charge in [-0.1, -0.05) is 19.3 Å². The predicted octanol–water partition coefficient (Wildman–Crippen LogP) is 1.46. The van der Waals surface area contributed by atoms with E-state index in [1.807, 2.05) is 0 Å². The molecule has 2 fully saturated rings. The van der Waals surface area contributed by atoms with Crippen LogP contribution in [0.5, 0.6) is 0 Å². The smallest absolute Gasteiger partial charge is 0.308 e. The summed E-state index contributed by atoms with van der Waals surface area (Å²) in [5, 5.41) is 9.00. The van der Waals surface area contributed by atoms with Crippen LogP contribution < -0.4 is 0 Å². The van der Waals surface area contributed by atoms with Crippen molar-refractivity contribution < 1.29 is 19.5 Å². The summed E-state index contributed by atoms with van der Waals surface area (Å²) in [6.45, 7) is 0.702. The molecule has 0 aromatic rings. The van der Waals surface area contributed by atoms with Crippen molar-refractivity contribution in [1.29, 1.82) is 0 Å². The number of hydrogen-bond acceptors (Lipinski definition) is 3. The van der Waals surface area contributed by atoms with Crippen LogP contribution in [0.3, 0.4) is 0 Å². The van der Waals surface area contributed by atoms with E-state index in [1.54, 1.807) is 0 Å². The number of piperidine rings is 1. The third-order valence-corrected chi connectivity index (χ3v) is 4.24. The monoisotopic (exact) mass is 267 g/mol. The summed E-state index contributed by atoms with van der Waals surface area (Å²) >= 11 is 0. The molecular weight excluding hydrogens is 246 g/mol. The van der Waals surface area contributed by atoms with Crippen LogP contribution in [-0.4, -0.2) is 40.8 Å². The molecule has 106 valence electrons. The van der Waals surface area contributed by atoms with Crippen LogP contribution in [0.2, 0.25) is 0 Å². The first kappa shape index (κ1) is 14.0. The molecule has 0 bridgehead atoms. The van der Waals surface area contributed by atoms with E-state index in [2.05, 4.69) is 0 Å². The molecule has 1 saturated heterocycles. The lowest BCUT2D eigenvalue weighted by Crippen LogP contribution is -2.46. The molecule has 5 nitrogen and oxygen atoms in total. The lowest BCUT2D eigenvalue weighted by atomic mass is 9.85. The number of carbonyl (C=O) groups excluding carboxylic acids is 2. The number of ketones is 1. The number of rotatable bonds is 3. The molecule has 1 unspecified atom stereocenters. The van der Waals surface area contributed by atoms with Crippen molar-refractivity contribution in [3.8, 4) is 0 Å². The molecule has 1 N–H and O–H groups in total. The summed E-state index contributed by atoms with van der Waals surface area (Å²) in [6.07, 6.45) is 6.05. The lowest BCUT2D eigenvalue weighted by molar-refractivity contribution is -0.151. The van der Waals surface area contributed by atoms with Gasteiger partial charge in [0.25, 0.3) is 5.91 Å². The fourth-order valence-corrected chi connectivity index (χ4v) is 3.06. The Balaban J connectivity index is 1.94. The molecule has 1 aliphatic heterocycles. The summed E-state index contributed by atoms with van der Waals surface area (Å²) in [5.74, 6) is -2.28. The summed E-state index contributed by atoms with van der Waals surface area (Å²) in [4.78, 5) is 36.7. The number of carboxylic acids is 1. The Bertz CT molecular complexity index is 374. The minimum Gasteiger partial charge on any atom is -0.481 e. The highest BCUT2D eigenvalue weighted by atomic mass is 16.4. The highest BCUT2D eigenvalue weighted by molar-refractivity contribution is 6.36. The van der Waals surface area contributed by atoms with Crippen LogP contribution >= 0.6 is 0 Å². The molecule has 2 rings (SSSR count). The van der Waals surface area contributed by atoms with Gasteiger partial charge in [-0.05, 0) is 25.7 Å². The molecule has 2 aliphatic rings. The van der Waals surface area contributed by atoms with Gasteiger partial charge in [-0.2, -0.15) is 0 Å². The highest BCUT2D eigenvalue weighted by Gasteiger charge is 2.34. The maximum Gasteiger partial charge on any atom is 0.308 e. The zero-order chi connectivity index (χ0) is 13.8. The molecule has 5 heteroatoms. The molecular formula is C14H21NO4. The van der Waals surface area contributed by atoms with Gasteiger partial charge in [-0.25, -0.2) is 0 Å². The van der Waals surface area contributed by atoms with Crippen LogP contribution in [0.25, 0.3) is 0 Å². The summed E-state index contributed by atoms with van der Waals surface area (Å²) in [7, 11) is 0.